The summed E-state index contributed by atoms with van der Waals surface area (Å²) in [6.07, 6.45) is 13.4. The van der Waals surface area contributed by atoms with E-state index < -0.39 is 0 Å². The summed E-state index contributed by atoms with van der Waals surface area (Å²) in [5, 5.41) is 10.2. The van der Waals surface area contributed by atoms with E-state index >= 15 is 0 Å². The summed E-state index contributed by atoms with van der Waals surface area (Å²) in [5.74, 6) is 2.24. The highest BCUT2D eigenvalue weighted by molar-refractivity contribution is 5.66. The summed E-state index contributed by atoms with van der Waals surface area (Å²) in [5.41, 5.74) is 0.275. The molecule has 0 radical (unpaired) electrons. The number of quaternary nitrogens is 1. The molecule has 4 aliphatic carbocycles. The smallest absolute Gasteiger partial charge is 0.303 e. The van der Waals surface area contributed by atoms with Crippen molar-refractivity contribution in [1.29, 1.82) is 0 Å². The van der Waals surface area contributed by atoms with Gasteiger partial charge in [0.25, 0.3) is 0 Å². The molecule has 10 atom stereocenters. The van der Waals surface area contributed by atoms with E-state index in [-0.39, 0.29) is 47.1 Å². The van der Waals surface area contributed by atoms with Crippen molar-refractivity contribution in [2.24, 2.45) is 34.5 Å². The maximum atomic E-state index is 12.5. The SMILES string of the molecule is CC(=O)O[C@H]1C[C@@H]2CCC3C4C[C@H]([N+]5(C)CCCCC5)[C@H](OC(C)=O)[C@@]4(C)CCC3[C@@]2(C)C[C@@H]1N1CCC(O)CC1. The van der Waals surface area contributed by atoms with Crippen molar-refractivity contribution >= 4 is 11.9 Å². The molecule has 6 aliphatic rings. The van der Waals surface area contributed by atoms with Gasteiger partial charge < -0.3 is 19.1 Å². The lowest BCUT2D eigenvalue weighted by molar-refractivity contribution is -0.940. The molecular weight excluding hydrogens is 516 g/mol. The highest BCUT2D eigenvalue weighted by Crippen LogP contribution is 2.67. The number of piperidine rings is 2. The topological polar surface area (TPSA) is 76.1 Å². The standard InChI is InChI=1S/C34H57N2O5/c1-22(37)40-31-19-24-9-10-26-27(34(24,4)21-29(31)35-15-12-25(39)13-16-35)11-14-33(3)28(26)20-30(32(33)41-23(2)38)36(5)17-7-6-8-18-36/h24-32,39H,6-21H2,1-5H3/q+1/t24-,26?,27?,28?,29-,30-,31-,32-,33-,34-/m0/s1. The molecule has 6 rings (SSSR count). The largest absolute Gasteiger partial charge is 0.461 e. The Labute approximate surface area is 248 Å². The minimum absolute atomic E-state index is 0.0202. The number of hydrogen-bond donors (Lipinski definition) is 1. The fraction of sp³-hybridized carbons (Fsp3) is 0.941. The van der Waals surface area contributed by atoms with E-state index in [2.05, 4.69) is 25.8 Å². The molecule has 0 bridgehead atoms. The molecule has 0 aromatic heterocycles. The number of aliphatic hydroxyl groups excluding tert-OH is 1. The number of likely N-dealkylation sites (N-methyl/N-ethyl adjacent to an activating group) is 1. The van der Waals surface area contributed by atoms with Gasteiger partial charge in [-0.05, 0) is 99.7 Å². The number of nitrogens with zero attached hydrogens (tertiary/aromatic N) is 2. The van der Waals surface area contributed by atoms with Crippen LogP contribution in [0.5, 0.6) is 0 Å². The third kappa shape index (κ3) is 5.18. The van der Waals surface area contributed by atoms with Gasteiger partial charge in [-0.1, -0.05) is 13.8 Å². The van der Waals surface area contributed by atoms with Crippen molar-refractivity contribution < 1.29 is 28.7 Å². The van der Waals surface area contributed by atoms with Gasteiger partial charge in [-0.2, -0.15) is 0 Å². The average molecular weight is 574 g/mol. The van der Waals surface area contributed by atoms with E-state index in [9.17, 15) is 14.7 Å². The van der Waals surface area contributed by atoms with Crippen LogP contribution in [0.15, 0.2) is 0 Å². The zero-order valence-electron chi connectivity index (χ0n) is 26.5. The molecular formula is C34H57N2O5+. The summed E-state index contributed by atoms with van der Waals surface area (Å²) in [4.78, 5) is 27.2. The molecule has 3 unspecified atom stereocenters. The molecule has 0 aromatic carbocycles. The van der Waals surface area contributed by atoms with Crippen LogP contribution in [0, 0.1) is 34.5 Å². The van der Waals surface area contributed by atoms with Crippen LogP contribution < -0.4 is 0 Å². The predicted molar refractivity (Wildman–Crippen MR) is 158 cm³/mol. The molecule has 7 heteroatoms. The van der Waals surface area contributed by atoms with Crippen LogP contribution in [0.4, 0.5) is 0 Å². The number of rotatable bonds is 4. The normalized spacial score (nSPS) is 46.6. The van der Waals surface area contributed by atoms with E-state index in [1.807, 2.05) is 0 Å². The second-order valence-electron chi connectivity index (χ2n) is 15.9. The Kier molecular flexibility index (Phi) is 8.07. The number of fused-ring (bicyclic) bond motifs is 5. The van der Waals surface area contributed by atoms with E-state index in [0.29, 0.717) is 29.7 Å². The van der Waals surface area contributed by atoms with Gasteiger partial charge in [-0.25, -0.2) is 0 Å². The maximum absolute atomic E-state index is 12.5. The van der Waals surface area contributed by atoms with Gasteiger partial charge >= 0.3 is 11.9 Å². The first-order valence-corrected chi connectivity index (χ1v) is 17.1. The zero-order chi connectivity index (χ0) is 29.2. The molecule has 1 N–H and O–H groups in total. The van der Waals surface area contributed by atoms with Crippen LogP contribution in [0.1, 0.15) is 105 Å². The number of esters is 2. The Balaban J connectivity index is 1.28. The Morgan fingerprint density at radius 2 is 1.54 bits per heavy atom. The number of carbonyl (C=O) groups is 2. The monoisotopic (exact) mass is 573 g/mol. The molecule has 41 heavy (non-hydrogen) atoms. The number of aliphatic hydroxyl groups is 1. The summed E-state index contributed by atoms with van der Waals surface area (Å²) in [6, 6.07) is 0.647. The van der Waals surface area contributed by atoms with Gasteiger partial charge in [-0.3, -0.25) is 14.5 Å². The van der Waals surface area contributed by atoms with Gasteiger partial charge in [-0.15, -0.1) is 0 Å². The number of likely N-dealkylation sites (tertiary alicyclic amines) is 2. The van der Waals surface area contributed by atoms with E-state index in [1.54, 1.807) is 13.8 Å². The molecule has 2 heterocycles. The van der Waals surface area contributed by atoms with Crippen molar-refractivity contribution in [3.05, 3.63) is 0 Å². The summed E-state index contributed by atoms with van der Waals surface area (Å²) >= 11 is 0. The fourth-order valence-electron chi connectivity index (χ4n) is 11.7. The predicted octanol–water partition coefficient (Wildman–Crippen LogP) is 4.94. The second kappa shape index (κ2) is 11.1. The second-order valence-corrected chi connectivity index (χ2v) is 15.9. The maximum Gasteiger partial charge on any atom is 0.303 e. The molecule has 0 amide bonds. The minimum Gasteiger partial charge on any atom is -0.461 e. The Morgan fingerprint density at radius 1 is 0.854 bits per heavy atom. The van der Waals surface area contributed by atoms with Crippen LogP contribution in [-0.4, -0.2) is 90.1 Å². The third-order valence-corrected chi connectivity index (χ3v) is 13.8. The molecule has 7 nitrogen and oxygen atoms in total. The lowest BCUT2D eigenvalue weighted by Crippen LogP contribution is -2.61. The number of hydrogen-bond acceptors (Lipinski definition) is 6. The van der Waals surface area contributed by atoms with Crippen molar-refractivity contribution in [2.75, 3.05) is 33.2 Å². The van der Waals surface area contributed by atoms with Gasteiger partial charge in [0.2, 0.25) is 0 Å². The summed E-state index contributed by atoms with van der Waals surface area (Å²) in [6.45, 7) is 12.4. The van der Waals surface area contributed by atoms with Gasteiger partial charge in [0.1, 0.15) is 12.1 Å². The molecule has 0 spiro atoms. The quantitative estimate of drug-likeness (QED) is 0.380. The van der Waals surface area contributed by atoms with Crippen molar-refractivity contribution in [2.45, 2.75) is 135 Å². The van der Waals surface area contributed by atoms with Crippen molar-refractivity contribution in [3.8, 4) is 0 Å². The highest BCUT2D eigenvalue weighted by Gasteiger charge is 2.67. The van der Waals surface area contributed by atoms with Crippen LogP contribution in [0.2, 0.25) is 0 Å². The van der Waals surface area contributed by atoms with Gasteiger partial charge in [0.05, 0.1) is 26.2 Å². The Bertz CT molecular complexity index is 990. The Hall–Kier alpha value is -1.18. The molecule has 4 saturated carbocycles. The highest BCUT2D eigenvalue weighted by atomic mass is 16.5. The lowest BCUT2D eigenvalue weighted by atomic mass is 9.44. The van der Waals surface area contributed by atoms with Crippen LogP contribution in [0.3, 0.4) is 0 Å². The molecule has 2 aliphatic heterocycles. The van der Waals surface area contributed by atoms with Crippen LogP contribution in [-0.2, 0) is 19.1 Å². The molecule has 2 saturated heterocycles. The fourth-order valence-corrected chi connectivity index (χ4v) is 11.7. The van der Waals surface area contributed by atoms with Crippen LogP contribution >= 0.6 is 0 Å². The van der Waals surface area contributed by atoms with Gasteiger partial charge in [0.15, 0.2) is 6.10 Å². The first kappa shape index (κ1) is 29.9. The van der Waals surface area contributed by atoms with Crippen molar-refractivity contribution in [3.63, 3.8) is 0 Å². The third-order valence-electron chi connectivity index (χ3n) is 13.8. The van der Waals surface area contributed by atoms with Crippen LogP contribution in [0.25, 0.3) is 0 Å². The number of carbonyl (C=O) groups excluding carboxylic acids is 2. The van der Waals surface area contributed by atoms with E-state index in [4.69, 9.17) is 9.47 Å². The first-order chi connectivity index (χ1) is 19.4. The number of ether oxygens (including phenoxy) is 2. The summed E-state index contributed by atoms with van der Waals surface area (Å²) in [7, 11) is 2.45. The lowest BCUT2D eigenvalue weighted by Gasteiger charge is -2.62. The Morgan fingerprint density at radius 3 is 2.20 bits per heavy atom. The van der Waals surface area contributed by atoms with E-state index in [0.717, 1.165) is 49.7 Å². The summed E-state index contributed by atoms with van der Waals surface area (Å²) < 4.78 is 13.5. The minimum atomic E-state index is -0.203. The van der Waals surface area contributed by atoms with Crippen molar-refractivity contribution in [1.82, 2.24) is 4.90 Å². The van der Waals surface area contributed by atoms with E-state index in [1.165, 1.54) is 58.0 Å². The molecule has 6 fully saturated rings. The van der Waals surface area contributed by atoms with Gasteiger partial charge in [0, 0.05) is 44.8 Å². The average Bonchev–Trinajstić information content (AvgIpc) is 3.22. The first-order valence-electron chi connectivity index (χ1n) is 17.1. The zero-order valence-corrected chi connectivity index (χ0v) is 26.5. The molecule has 232 valence electrons. The molecule has 0 aromatic rings.